The van der Waals surface area contributed by atoms with Crippen LogP contribution in [-0.2, 0) is 9.59 Å². The summed E-state index contributed by atoms with van der Waals surface area (Å²) >= 11 is 0. The van der Waals surface area contributed by atoms with E-state index in [1.165, 1.54) is 11.1 Å². The minimum atomic E-state index is -0.758. The molecule has 25 heavy (non-hydrogen) atoms. The molecule has 7 heteroatoms. The molecule has 2 aromatic rings. The second-order valence-corrected chi connectivity index (χ2v) is 6.07. The van der Waals surface area contributed by atoms with Gasteiger partial charge in [-0.25, -0.2) is 4.68 Å². The van der Waals surface area contributed by atoms with Crippen LogP contribution in [0.3, 0.4) is 0 Å². The average molecular weight is 340 g/mol. The van der Waals surface area contributed by atoms with Crippen molar-refractivity contribution in [2.75, 3.05) is 6.54 Å². The molecule has 0 saturated carbocycles. The number of likely N-dealkylation sites (N-methyl/N-ethyl adjacent to an activating group) is 1. The SMILES string of the molecule is CCN(C(=O)c1cnn(-c2ccccc2C)c1C)[C@@H]1CC(=O)NC1=O. The number of imide groups is 1. The first-order valence-corrected chi connectivity index (χ1v) is 8.19. The van der Waals surface area contributed by atoms with Crippen molar-refractivity contribution in [2.24, 2.45) is 0 Å². The molecule has 1 N–H and O–H groups in total. The van der Waals surface area contributed by atoms with E-state index in [2.05, 4.69) is 10.4 Å². The van der Waals surface area contributed by atoms with Gasteiger partial charge in [0.25, 0.3) is 5.91 Å². The number of nitrogens with one attached hydrogen (secondary N) is 1. The van der Waals surface area contributed by atoms with Crippen LogP contribution in [0.2, 0.25) is 0 Å². The molecule has 3 amide bonds. The number of rotatable bonds is 4. The zero-order valence-corrected chi connectivity index (χ0v) is 14.4. The van der Waals surface area contributed by atoms with E-state index >= 15 is 0 Å². The number of aromatic nitrogens is 2. The highest BCUT2D eigenvalue weighted by Gasteiger charge is 2.38. The molecule has 7 nitrogen and oxygen atoms in total. The molecule has 0 radical (unpaired) electrons. The number of carbonyl (C=O) groups excluding carboxylic acids is 3. The predicted molar refractivity (Wildman–Crippen MR) is 91.3 cm³/mol. The van der Waals surface area contributed by atoms with Crippen molar-refractivity contribution in [1.29, 1.82) is 0 Å². The first kappa shape index (κ1) is 16.9. The topological polar surface area (TPSA) is 84.3 Å². The minimum absolute atomic E-state index is 0.00336. The van der Waals surface area contributed by atoms with E-state index in [4.69, 9.17) is 0 Å². The molecule has 1 aromatic carbocycles. The second-order valence-electron chi connectivity index (χ2n) is 6.07. The van der Waals surface area contributed by atoms with Crippen LogP contribution in [0.4, 0.5) is 0 Å². The Morgan fingerprint density at radius 3 is 2.64 bits per heavy atom. The third-order valence-corrected chi connectivity index (χ3v) is 4.51. The molecule has 1 fully saturated rings. The maximum absolute atomic E-state index is 12.9. The van der Waals surface area contributed by atoms with Gasteiger partial charge in [0, 0.05) is 6.54 Å². The number of hydrogen-bond acceptors (Lipinski definition) is 4. The van der Waals surface area contributed by atoms with Crippen molar-refractivity contribution in [3.8, 4) is 5.69 Å². The van der Waals surface area contributed by atoms with E-state index in [0.29, 0.717) is 17.8 Å². The van der Waals surface area contributed by atoms with Crippen LogP contribution >= 0.6 is 0 Å². The fourth-order valence-electron chi connectivity index (χ4n) is 3.12. The lowest BCUT2D eigenvalue weighted by Crippen LogP contribution is -2.44. The zero-order chi connectivity index (χ0) is 18.1. The van der Waals surface area contributed by atoms with Gasteiger partial charge in [0.2, 0.25) is 11.8 Å². The van der Waals surface area contributed by atoms with Gasteiger partial charge in [0.1, 0.15) is 6.04 Å². The summed E-state index contributed by atoms with van der Waals surface area (Å²) in [6.45, 7) is 5.92. The smallest absolute Gasteiger partial charge is 0.258 e. The van der Waals surface area contributed by atoms with E-state index < -0.39 is 11.9 Å². The molecule has 0 spiro atoms. The van der Waals surface area contributed by atoms with Gasteiger partial charge < -0.3 is 4.90 Å². The molecule has 1 saturated heterocycles. The molecule has 1 aliphatic rings. The first-order chi connectivity index (χ1) is 11.9. The standard InChI is InChI=1S/C18H20N4O3/c1-4-21(15-9-16(23)20-17(15)24)18(25)13-10-19-22(12(13)3)14-8-6-5-7-11(14)2/h5-8,10,15H,4,9H2,1-3H3,(H,20,23,24)/t15-/m1/s1. The Hall–Kier alpha value is -2.96. The van der Waals surface area contributed by atoms with Gasteiger partial charge in [-0.05, 0) is 32.4 Å². The third-order valence-electron chi connectivity index (χ3n) is 4.51. The van der Waals surface area contributed by atoms with Gasteiger partial charge in [-0.3, -0.25) is 19.7 Å². The minimum Gasteiger partial charge on any atom is -0.326 e. The summed E-state index contributed by atoms with van der Waals surface area (Å²) in [5, 5.41) is 6.60. The Morgan fingerprint density at radius 1 is 1.32 bits per heavy atom. The van der Waals surface area contributed by atoms with Crippen molar-refractivity contribution >= 4 is 17.7 Å². The fraction of sp³-hybridized carbons (Fsp3) is 0.333. The molecular weight excluding hydrogens is 320 g/mol. The van der Waals surface area contributed by atoms with Crippen molar-refractivity contribution in [2.45, 2.75) is 33.2 Å². The van der Waals surface area contributed by atoms with E-state index in [0.717, 1.165) is 11.3 Å². The highest BCUT2D eigenvalue weighted by molar-refractivity contribution is 6.08. The highest BCUT2D eigenvalue weighted by atomic mass is 16.2. The predicted octanol–water partition coefficient (Wildman–Crippen LogP) is 1.37. The van der Waals surface area contributed by atoms with E-state index in [1.807, 2.05) is 38.1 Å². The summed E-state index contributed by atoms with van der Waals surface area (Å²) < 4.78 is 1.72. The molecule has 1 aliphatic heterocycles. The van der Waals surface area contributed by atoms with Crippen LogP contribution in [0.15, 0.2) is 30.5 Å². The summed E-state index contributed by atoms with van der Waals surface area (Å²) in [6, 6.07) is 7.01. The van der Waals surface area contributed by atoms with Gasteiger partial charge >= 0.3 is 0 Å². The van der Waals surface area contributed by atoms with Crippen LogP contribution < -0.4 is 5.32 Å². The summed E-state index contributed by atoms with van der Waals surface area (Å²) in [6.07, 6.45) is 1.52. The number of amides is 3. The Labute approximate surface area is 145 Å². The van der Waals surface area contributed by atoms with E-state index in [-0.39, 0.29) is 18.2 Å². The normalized spacial score (nSPS) is 16.8. The monoisotopic (exact) mass is 340 g/mol. The van der Waals surface area contributed by atoms with Crippen molar-refractivity contribution in [3.63, 3.8) is 0 Å². The van der Waals surface area contributed by atoms with Crippen LogP contribution in [0, 0.1) is 13.8 Å². The third kappa shape index (κ3) is 2.93. The number of nitrogens with zero attached hydrogens (tertiary/aromatic N) is 3. The van der Waals surface area contributed by atoms with Crippen LogP contribution in [0.25, 0.3) is 5.69 Å². The van der Waals surface area contributed by atoms with Crippen LogP contribution in [-0.4, -0.2) is 45.0 Å². The van der Waals surface area contributed by atoms with E-state index in [9.17, 15) is 14.4 Å². The molecule has 0 unspecified atom stereocenters. The molecular formula is C18H20N4O3. The number of carbonyl (C=O) groups is 3. The molecule has 130 valence electrons. The first-order valence-electron chi connectivity index (χ1n) is 8.19. The van der Waals surface area contributed by atoms with Gasteiger partial charge in [-0.15, -0.1) is 0 Å². The molecule has 0 aliphatic carbocycles. The van der Waals surface area contributed by atoms with Gasteiger partial charge in [-0.2, -0.15) is 5.10 Å². The molecule has 1 atom stereocenters. The molecule has 0 bridgehead atoms. The Morgan fingerprint density at radius 2 is 2.04 bits per heavy atom. The number of aryl methyl sites for hydroxylation is 1. The highest BCUT2D eigenvalue weighted by Crippen LogP contribution is 2.21. The van der Waals surface area contributed by atoms with Crippen molar-refractivity contribution < 1.29 is 14.4 Å². The number of hydrogen-bond donors (Lipinski definition) is 1. The largest absolute Gasteiger partial charge is 0.326 e. The average Bonchev–Trinajstić information content (AvgIpc) is 3.11. The van der Waals surface area contributed by atoms with Gasteiger partial charge in [0.15, 0.2) is 0 Å². The maximum Gasteiger partial charge on any atom is 0.258 e. The van der Waals surface area contributed by atoms with Crippen LogP contribution in [0.1, 0.15) is 35.0 Å². The lowest BCUT2D eigenvalue weighted by atomic mass is 10.1. The van der Waals surface area contributed by atoms with Crippen LogP contribution in [0.5, 0.6) is 0 Å². The van der Waals surface area contributed by atoms with Crippen molar-refractivity contribution in [3.05, 3.63) is 47.3 Å². The number of para-hydroxylation sites is 1. The Kier molecular flexibility index (Phi) is 4.39. The Bertz CT molecular complexity index is 856. The zero-order valence-electron chi connectivity index (χ0n) is 14.4. The van der Waals surface area contributed by atoms with Gasteiger partial charge in [0.05, 0.1) is 29.6 Å². The molecule has 2 heterocycles. The Balaban J connectivity index is 1.94. The summed E-state index contributed by atoms with van der Waals surface area (Å²) in [4.78, 5) is 37.8. The lowest BCUT2D eigenvalue weighted by Gasteiger charge is -2.25. The second kappa shape index (κ2) is 6.51. The quantitative estimate of drug-likeness (QED) is 0.852. The summed E-state index contributed by atoms with van der Waals surface area (Å²) in [5.74, 6) is -1.08. The summed E-state index contributed by atoms with van der Waals surface area (Å²) in [7, 11) is 0. The number of benzene rings is 1. The fourth-order valence-corrected chi connectivity index (χ4v) is 3.12. The maximum atomic E-state index is 12.9. The summed E-state index contributed by atoms with van der Waals surface area (Å²) in [5.41, 5.74) is 3.07. The van der Waals surface area contributed by atoms with E-state index in [1.54, 1.807) is 11.6 Å². The molecule has 3 rings (SSSR count). The molecule has 1 aromatic heterocycles. The van der Waals surface area contributed by atoms with Gasteiger partial charge in [-0.1, -0.05) is 18.2 Å². The lowest BCUT2D eigenvalue weighted by molar-refractivity contribution is -0.126. The van der Waals surface area contributed by atoms with Crippen molar-refractivity contribution in [1.82, 2.24) is 20.0 Å².